The molecule has 0 fully saturated rings. The molecule has 1 aliphatic heterocycles. The van der Waals surface area contributed by atoms with E-state index >= 15 is 0 Å². The first-order chi connectivity index (χ1) is 11.5. The van der Waals surface area contributed by atoms with E-state index in [9.17, 15) is 13.2 Å². The predicted octanol–water partition coefficient (Wildman–Crippen LogP) is 1.72. The summed E-state index contributed by atoms with van der Waals surface area (Å²) >= 11 is 0. The third-order valence-corrected chi connectivity index (χ3v) is 4.98. The van der Waals surface area contributed by atoms with E-state index in [0.29, 0.717) is 17.2 Å². The molecule has 0 aromatic heterocycles. The number of anilines is 1. The third kappa shape index (κ3) is 3.50. The lowest BCUT2D eigenvalue weighted by Crippen LogP contribution is -2.41. The second kappa shape index (κ2) is 6.50. The van der Waals surface area contributed by atoms with Crippen LogP contribution in [0.1, 0.15) is 6.92 Å². The lowest BCUT2D eigenvalue weighted by molar-refractivity contribution is -0.117. The van der Waals surface area contributed by atoms with Crippen molar-refractivity contribution in [1.29, 1.82) is 0 Å². The Morgan fingerprint density at radius 2 is 1.79 bits per heavy atom. The van der Waals surface area contributed by atoms with Gasteiger partial charge in [0.05, 0.1) is 10.9 Å². The second-order valence-corrected chi connectivity index (χ2v) is 6.93. The Morgan fingerprint density at radius 3 is 2.54 bits per heavy atom. The Morgan fingerprint density at radius 1 is 1.08 bits per heavy atom. The first kappa shape index (κ1) is 16.3. The molecule has 2 aromatic rings. The lowest BCUT2D eigenvalue weighted by atomic mass is 10.2. The van der Waals surface area contributed by atoms with Gasteiger partial charge in [0.15, 0.2) is 11.5 Å². The number of rotatable bonds is 5. The van der Waals surface area contributed by atoms with E-state index in [1.54, 1.807) is 36.4 Å². The zero-order valence-electron chi connectivity index (χ0n) is 12.9. The fourth-order valence-electron chi connectivity index (χ4n) is 2.18. The number of hydrogen-bond donors (Lipinski definition) is 2. The molecule has 126 valence electrons. The predicted molar refractivity (Wildman–Crippen MR) is 87.4 cm³/mol. The Kier molecular flexibility index (Phi) is 4.41. The summed E-state index contributed by atoms with van der Waals surface area (Å²) in [6.45, 7) is 1.61. The Bertz CT molecular complexity index is 852. The van der Waals surface area contributed by atoms with Gasteiger partial charge in [-0.25, -0.2) is 8.42 Å². The molecule has 1 aliphatic rings. The van der Waals surface area contributed by atoms with Crippen LogP contribution in [0.25, 0.3) is 0 Å². The van der Waals surface area contributed by atoms with Crippen LogP contribution in [0.4, 0.5) is 5.69 Å². The molecule has 0 saturated carbocycles. The van der Waals surface area contributed by atoms with Gasteiger partial charge in [-0.3, -0.25) is 4.79 Å². The molecule has 8 heteroatoms. The van der Waals surface area contributed by atoms with Gasteiger partial charge in [0, 0.05) is 11.8 Å². The van der Waals surface area contributed by atoms with Crippen molar-refractivity contribution in [3.8, 4) is 11.5 Å². The summed E-state index contributed by atoms with van der Waals surface area (Å²) in [6, 6.07) is 11.9. The van der Waals surface area contributed by atoms with Gasteiger partial charge in [0.1, 0.15) is 0 Å². The average molecular weight is 348 g/mol. The molecule has 0 aliphatic carbocycles. The van der Waals surface area contributed by atoms with Gasteiger partial charge < -0.3 is 14.8 Å². The minimum absolute atomic E-state index is 0.104. The zero-order chi connectivity index (χ0) is 17.2. The molecule has 2 N–H and O–H groups in total. The number of hydrogen-bond acceptors (Lipinski definition) is 5. The van der Waals surface area contributed by atoms with Crippen molar-refractivity contribution in [1.82, 2.24) is 4.72 Å². The number of sulfonamides is 1. The van der Waals surface area contributed by atoms with Crippen molar-refractivity contribution in [3.63, 3.8) is 0 Å². The van der Waals surface area contributed by atoms with Crippen LogP contribution < -0.4 is 19.5 Å². The minimum atomic E-state index is -3.76. The molecule has 1 atom stereocenters. The third-order valence-electron chi connectivity index (χ3n) is 3.42. The summed E-state index contributed by atoms with van der Waals surface area (Å²) in [5.41, 5.74) is 0.495. The maximum atomic E-state index is 12.2. The van der Waals surface area contributed by atoms with Gasteiger partial charge >= 0.3 is 0 Å². The van der Waals surface area contributed by atoms with Crippen molar-refractivity contribution in [3.05, 3.63) is 48.5 Å². The molecule has 7 nitrogen and oxygen atoms in total. The van der Waals surface area contributed by atoms with Crippen LogP contribution in [0.2, 0.25) is 0 Å². The summed E-state index contributed by atoms with van der Waals surface area (Å²) in [5, 5.41) is 2.64. The van der Waals surface area contributed by atoms with Crippen LogP contribution in [-0.2, 0) is 14.8 Å². The number of nitrogens with one attached hydrogen (secondary N) is 2. The monoisotopic (exact) mass is 348 g/mol. The van der Waals surface area contributed by atoms with E-state index in [-0.39, 0.29) is 11.7 Å². The number of ether oxygens (including phenoxy) is 2. The average Bonchev–Trinajstić information content (AvgIpc) is 3.03. The number of fused-ring (bicyclic) bond motifs is 1. The fourth-order valence-corrected chi connectivity index (χ4v) is 3.40. The molecule has 24 heavy (non-hydrogen) atoms. The highest BCUT2D eigenvalue weighted by molar-refractivity contribution is 7.89. The molecule has 3 rings (SSSR count). The van der Waals surface area contributed by atoms with Gasteiger partial charge in [-0.2, -0.15) is 4.72 Å². The van der Waals surface area contributed by atoms with Crippen LogP contribution in [0, 0.1) is 0 Å². The molecular formula is C16H16N2O5S. The quantitative estimate of drug-likeness (QED) is 0.858. The van der Waals surface area contributed by atoms with Crippen molar-refractivity contribution >= 4 is 21.6 Å². The van der Waals surface area contributed by atoms with Crippen LogP contribution in [-0.4, -0.2) is 27.2 Å². The summed E-state index contributed by atoms with van der Waals surface area (Å²) in [6.07, 6.45) is 0. The molecule has 0 bridgehead atoms. The minimum Gasteiger partial charge on any atom is -0.454 e. The largest absolute Gasteiger partial charge is 0.454 e. The number of carbonyl (C=O) groups is 1. The van der Waals surface area contributed by atoms with Crippen LogP contribution in [0.3, 0.4) is 0 Å². The number of amides is 1. The van der Waals surface area contributed by atoms with Crippen molar-refractivity contribution in [2.24, 2.45) is 0 Å². The van der Waals surface area contributed by atoms with Crippen molar-refractivity contribution in [2.45, 2.75) is 17.9 Å². The van der Waals surface area contributed by atoms with Crippen LogP contribution >= 0.6 is 0 Å². The normalized spacial score (nSPS) is 14.2. The van der Waals surface area contributed by atoms with E-state index in [1.807, 2.05) is 0 Å². The fraction of sp³-hybridized carbons (Fsp3) is 0.188. The Labute approximate surface area is 139 Å². The molecule has 1 amide bonds. The highest BCUT2D eigenvalue weighted by Crippen LogP contribution is 2.34. The Hall–Kier alpha value is -2.58. The van der Waals surface area contributed by atoms with Crippen LogP contribution in [0.5, 0.6) is 11.5 Å². The summed E-state index contributed by atoms with van der Waals surface area (Å²) in [4.78, 5) is 12.3. The molecule has 1 heterocycles. The van der Waals surface area contributed by atoms with E-state index in [0.717, 1.165) is 0 Å². The van der Waals surface area contributed by atoms with E-state index in [4.69, 9.17) is 9.47 Å². The highest BCUT2D eigenvalue weighted by Gasteiger charge is 2.22. The zero-order valence-corrected chi connectivity index (χ0v) is 13.7. The van der Waals surface area contributed by atoms with Gasteiger partial charge in [-0.05, 0) is 31.2 Å². The van der Waals surface area contributed by atoms with E-state index < -0.39 is 22.0 Å². The topological polar surface area (TPSA) is 93.7 Å². The molecule has 1 unspecified atom stereocenters. The van der Waals surface area contributed by atoms with Gasteiger partial charge in [0.2, 0.25) is 22.7 Å². The summed E-state index contributed by atoms with van der Waals surface area (Å²) < 4.78 is 37.2. The van der Waals surface area contributed by atoms with Crippen molar-refractivity contribution < 1.29 is 22.7 Å². The van der Waals surface area contributed by atoms with E-state index in [1.165, 1.54) is 19.1 Å². The molecule has 2 aromatic carbocycles. The van der Waals surface area contributed by atoms with Gasteiger partial charge in [-0.1, -0.05) is 18.2 Å². The molecular weight excluding hydrogens is 332 g/mol. The Balaban J connectivity index is 1.67. The summed E-state index contributed by atoms with van der Waals surface area (Å²) in [5.74, 6) is 0.657. The molecule has 0 saturated heterocycles. The summed E-state index contributed by atoms with van der Waals surface area (Å²) in [7, 11) is -3.76. The van der Waals surface area contributed by atoms with E-state index in [2.05, 4.69) is 10.0 Å². The van der Waals surface area contributed by atoms with Crippen LogP contribution in [0.15, 0.2) is 53.4 Å². The lowest BCUT2D eigenvalue weighted by Gasteiger charge is -2.14. The number of carbonyl (C=O) groups excluding carboxylic acids is 1. The first-order valence-electron chi connectivity index (χ1n) is 7.23. The van der Waals surface area contributed by atoms with Crippen molar-refractivity contribution in [2.75, 3.05) is 12.1 Å². The maximum Gasteiger partial charge on any atom is 0.242 e. The maximum absolute atomic E-state index is 12.2. The van der Waals surface area contributed by atoms with Gasteiger partial charge in [0.25, 0.3) is 0 Å². The SMILES string of the molecule is CC(NS(=O)(=O)c1ccccc1)C(=O)Nc1ccc2c(c1)OCO2. The first-order valence-corrected chi connectivity index (χ1v) is 8.72. The highest BCUT2D eigenvalue weighted by atomic mass is 32.2. The standard InChI is InChI=1S/C16H16N2O5S/c1-11(18-24(20,21)13-5-3-2-4-6-13)16(19)17-12-7-8-14-15(9-12)23-10-22-14/h2-9,11,18H,10H2,1H3,(H,17,19). The molecule has 0 radical (unpaired) electrons. The smallest absolute Gasteiger partial charge is 0.242 e. The number of benzene rings is 2. The molecule has 0 spiro atoms. The van der Waals surface area contributed by atoms with Gasteiger partial charge in [-0.15, -0.1) is 0 Å². The second-order valence-electron chi connectivity index (χ2n) is 5.21.